The highest BCUT2D eigenvalue weighted by Crippen LogP contribution is 2.13. The fraction of sp³-hybridized carbons (Fsp3) is 0.385. The highest BCUT2D eigenvalue weighted by atomic mass is 19.1. The van der Waals surface area contributed by atoms with E-state index in [1.54, 1.807) is 13.8 Å². The number of methoxy groups -OCH3 is 1. The average Bonchev–Trinajstić information content (AvgIpc) is 2.28. The number of esters is 1. The molecular weight excluding hydrogens is 237 g/mol. The maximum atomic E-state index is 13.6. The lowest BCUT2D eigenvalue weighted by Gasteiger charge is -2.06. The molecule has 0 fully saturated rings. The first-order valence-electron chi connectivity index (χ1n) is 5.46. The van der Waals surface area contributed by atoms with Gasteiger partial charge in [0.2, 0.25) is 0 Å². The van der Waals surface area contributed by atoms with Crippen molar-refractivity contribution in [1.29, 1.82) is 0 Å². The van der Waals surface area contributed by atoms with E-state index in [0.717, 1.165) is 0 Å². The summed E-state index contributed by atoms with van der Waals surface area (Å²) in [6, 6.07) is 0. The van der Waals surface area contributed by atoms with Crippen LogP contribution in [0.1, 0.15) is 20.3 Å². The summed E-state index contributed by atoms with van der Waals surface area (Å²) >= 11 is 0. The van der Waals surface area contributed by atoms with Gasteiger partial charge in [-0.25, -0.2) is 4.39 Å². The minimum atomic E-state index is -0.652. The van der Waals surface area contributed by atoms with E-state index in [1.807, 2.05) is 0 Å². The van der Waals surface area contributed by atoms with Gasteiger partial charge in [0.05, 0.1) is 19.1 Å². The second kappa shape index (κ2) is 8.22. The third-order valence-corrected chi connectivity index (χ3v) is 2.01. The third kappa shape index (κ3) is 5.98. The number of allylic oxidation sites excluding steroid dienone is 3. The Morgan fingerprint density at radius 2 is 2.06 bits per heavy atom. The van der Waals surface area contributed by atoms with Gasteiger partial charge >= 0.3 is 5.97 Å². The van der Waals surface area contributed by atoms with Crippen molar-refractivity contribution in [2.45, 2.75) is 20.3 Å². The van der Waals surface area contributed by atoms with Gasteiger partial charge in [0.25, 0.3) is 5.91 Å². The Morgan fingerprint density at radius 3 is 2.50 bits per heavy atom. The Morgan fingerprint density at radius 1 is 1.44 bits per heavy atom. The summed E-state index contributed by atoms with van der Waals surface area (Å²) in [7, 11) is 1.26. The SMILES string of the molecule is C=C(C)C=C(F)C(=CC)C(=O)NCCC(=O)OC. The molecule has 5 heteroatoms. The molecule has 0 aromatic rings. The van der Waals surface area contributed by atoms with Crippen LogP contribution in [0.2, 0.25) is 0 Å². The van der Waals surface area contributed by atoms with Crippen LogP contribution in [-0.4, -0.2) is 25.5 Å². The molecule has 1 N–H and O–H groups in total. The number of halogens is 1. The summed E-state index contributed by atoms with van der Waals surface area (Å²) < 4.78 is 18.0. The monoisotopic (exact) mass is 255 g/mol. The van der Waals surface area contributed by atoms with Crippen molar-refractivity contribution in [2.24, 2.45) is 0 Å². The molecule has 100 valence electrons. The lowest BCUT2D eigenvalue weighted by molar-refractivity contribution is -0.140. The molecule has 0 spiro atoms. The lowest BCUT2D eigenvalue weighted by atomic mass is 10.1. The van der Waals surface area contributed by atoms with Gasteiger partial charge in [0, 0.05) is 6.54 Å². The molecule has 0 aliphatic rings. The zero-order chi connectivity index (χ0) is 14.1. The Balaban J connectivity index is 4.47. The number of hydrogen-bond donors (Lipinski definition) is 1. The van der Waals surface area contributed by atoms with Crippen LogP contribution in [0.15, 0.2) is 35.7 Å². The van der Waals surface area contributed by atoms with E-state index in [0.29, 0.717) is 5.57 Å². The van der Waals surface area contributed by atoms with Crippen molar-refractivity contribution in [3.05, 3.63) is 35.7 Å². The van der Waals surface area contributed by atoms with Crippen LogP contribution in [0.3, 0.4) is 0 Å². The summed E-state index contributed by atoms with van der Waals surface area (Å²) in [6.45, 7) is 6.82. The Kier molecular flexibility index (Phi) is 7.35. The molecule has 0 aliphatic carbocycles. The number of nitrogens with one attached hydrogen (secondary N) is 1. The number of hydrogen-bond acceptors (Lipinski definition) is 3. The van der Waals surface area contributed by atoms with E-state index in [-0.39, 0.29) is 18.5 Å². The second-order valence-electron chi connectivity index (χ2n) is 3.62. The normalized spacial score (nSPS) is 12.0. The molecule has 0 atom stereocenters. The van der Waals surface area contributed by atoms with Crippen LogP contribution in [0.4, 0.5) is 4.39 Å². The number of carbonyl (C=O) groups is 2. The summed E-state index contributed by atoms with van der Waals surface area (Å²) in [4.78, 5) is 22.5. The number of ether oxygens (including phenoxy) is 1. The Bertz CT molecular complexity index is 397. The maximum absolute atomic E-state index is 13.6. The minimum absolute atomic E-state index is 0.0467. The fourth-order valence-electron chi connectivity index (χ4n) is 1.15. The van der Waals surface area contributed by atoms with Crippen molar-refractivity contribution >= 4 is 11.9 Å². The van der Waals surface area contributed by atoms with E-state index in [9.17, 15) is 14.0 Å². The molecule has 18 heavy (non-hydrogen) atoms. The topological polar surface area (TPSA) is 55.4 Å². The largest absolute Gasteiger partial charge is 0.469 e. The fourth-order valence-corrected chi connectivity index (χ4v) is 1.15. The Labute approximate surface area is 106 Å². The summed E-state index contributed by atoms with van der Waals surface area (Å²) in [5.74, 6) is -1.66. The molecule has 0 rings (SSSR count). The standard InChI is InChI=1S/C13H18FNO3/c1-5-10(11(14)8-9(2)3)13(17)15-7-6-12(16)18-4/h5,8H,2,6-7H2,1,3-4H3,(H,15,17). The van der Waals surface area contributed by atoms with Gasteiger partial charge in [0.15, 0.2) is 0 Å². The zero-order valence-corrected chi connectivity index (χ0v) is 10.9. The number of rotatable bonds is 6. The van der Waals surface area contributed by atoms with Crippen LogP contribution < -0.4 is 5.32 Å². The molecule has 0 heterocycles. The van der Waals surface area contributed by atoms with E-state index >= 15 is 0 Å². The third-order valence-electron chi connectivity index (χ3n) is 2.01. The average molecular weight is 255 g/mol. The number of amides is 1. The van der Waals surface area contributed by atoms with Gasteiger partial charge in [-0.15, -0.1) is 0 Å². The molecule has 0 unspecified atom stereocenters. The minimum Gasteiger partial charge on any atom is -0.469 e. The molecule has 4 nitrogen and oxygen atoms in total. The van der Waals surface area contributed by atoms with Gasteiger partial charge in [-0.3, -0.25) is 9.59 Å². The highest BCUT2D eigenvalue weighted by Gasteiger charge is 2.13. The van der Waals surface area contributed by atoms with E-state index in [4.69, 9.17) is 0 Å². The lowest BCUT2D eigenvalue weighted by Crippen LogP contribution is -2.28. The van der Waals surface area contributed by atoms with Crippen LogP contribution in [0.5, 0.6) is 0 Å². The molecule has 0 saturated heterocycles. The van der Waals surface area contributed by atoms with Gasteiger partial charge in [-0.1, -0.05) is 18.2 Å². The molecular formula is C13H18FNO3. The first-order chi connectivity index (χ1) is 8.42. The highest BCUT2D eigenvalue weighted by molar-refractivity contribution is 5.97. The first-order valence-corrected chi connectivity index (χ1v) is 5.46. The number of carbonyl (C=O) groups excluding carboxylic acids is 2. The van der Waals surface area contributed by atoms with E-state index < -0.39 is 17.7 Å². The van der Waals surface area contributed by atoms with Crippen LogP contribution in [-0.2, 0) is 14.3 Å². The van der Waals surface area contributed by atoms with Crippen molar-refractivity contribution < 1.29 is 18.7 Å². The second-order valence-corrected chi connectivity index (χ2v) is 3.62. The van der Waals surface area contributed by atoms with Crippen LogP contribution in [0, 0.1) is 0 Å². The predicted molar refractivity (Wildman–Crippen MR) is 67.4 cm³/mol. The maximum Gasteiger partial charge on any atom is 0.307 e. The summed E-state index contributed by atoms with van der Waals surface area (Å²) in [6.07, 6.45) is 2.59. The molecule has 0 aromatic carbocycles. The molecule has 0 saturated carbocycles. The molecule has 0 bridgehead atoms. The summed E-state index contributed by atoms with van der Waals surface area (Å²) in [5, 5.41) is 2.43. The van der Waals surface area contributed by atoms with Gasteiger partial charge < -0.3 is 10.1 Å². The molecule has 1 amide bonds. The zero-order valence-electron chi connectivity index (χ0n) is 10.9. The van der Waals surface area contributed by atoms with Crippen LogP contribution >= 0.6 is 0 Å². The van der Waals surface area contributed by atoms with Crippen molar-refractivity contribution in [3.63, 3.8) is 0 Å². The van der Waals surface area contributed by atoms with Gasteiger partial charge in [-0.2, -0.15) is 0 Å². The van der Waals surface area contributed by atoms with Gasteiger partial charge in [-0.05, 0) is 19.9 Å². The Hall–Kier alpha value is -1.91. The van der Waals surface area contributed by atoms with Gasteiger partial charge in [0.1, 0.15) is 5.83 Å². The first kappa shape index (κ1) is 16.1. The molecule has 0 aliphatic heterocycles. The van der Waals surface area contributed by atoms with E-state index in [1.165, 1.54) is 19.3 Å². The van der Waals surface area contributed by atoms with Crippen molar-refractivity contribution in [3.8, 4) is 0 Å². The molecule has 0 radical (unpaired) electrons. The predicted octanol–water partition coefficient (Wildman–Crippen LogP) is 2.04. The smallest absolute Gasteiger partial charge is 0.307 e. The van der Waals surface area contributed by atoms with E-state index in [2.05, 4.69) is 16.6 Å². The summed E-state index contributed by atoms with van der Waals surface area (Å²) in [5.41, 5.74) is 0.428. The van der Waals surface area contributed by atoms with Crippen LogP contribution in [0.25, 0.3) is 0 Å². The van der Waals surface area contributed by atoms with Crippen molar-refractivity contribution in [1.82, 2.24) is 5.32 Å². The quantitative estimate of drug-likeness (QED) is 0.449. The molecule has 0 aromatic heterocycles. The van der Waals surface area contributed by atoms with Crippen molar-refractivity contribution in [2.75, 3.05) is 13.7 Å².